The Morgan fingerprint density at radius 2 is 1.49 bits per heavy atom. The van der Waals surface area contributed by atoms with Gasteiger partial charge in [0, 0.05) is 22.9 Å². The second kappa shape index (κ2) is 14.3. The minimum Gasteiger partial charge on any atom is -0.497 e. The molecular weight excluding hydrogens is 568 g/mol. The summed E-state index contributed by atoms with van der Waals surface area (Å²) in [4.78, 5) is 39.2. The molecule has 0 bridgehead atoms. The minimum absolute atomic E-state index is 0.0360. The van der Waals surface area contributed by atoms with E-state index in [4.69, 9.17) is 13.9 Å². The van der Waals surface area contributed by atoms with E-state index >= 15 is 0 Å². The number of rotatable bonds is 11. The zero-order chi connectivity index (χ0) is 31.6. The van der Waals surface area contributed by atoms with Gasteiger partial charge in [0.25, 0.3) is 11.8 Å². The maximum absolute atomic E-state index is 13.4. The van der Waals surface area contributed by atoms with Crippen molar-refractivity contribution < 1.29 is 28.3 Å². The fraction of sp³-hybridized carbons (Fsp3) is 0.0541. The number of furan rings is 1. The second-order valence-electron chi connectivity index (χ2n) is 9.79. The average molecular weight is 599 g/mol. The number of ether oxygens (including phenoxy) is 2. The van der Waals surface area contributed by atoms with E-state index in [0.29, 0.717) is 39.8 Å². The van der Waals surface area contributed by atoms with Crippen LogP contribution in [0.15, 0.2) is 131 Å². The summed E-state index contributed by atoms with van der Waals surface area (Å²) >= 11 is 0. The third-order valence-corrected chi connectivity index (χ3v) is 6.76. The zero-order valence-corrected chi connectivity index (χ0v) is 24.7. The number of carbonyl (C=O) groups is 3. The van der Waals surface area contributed by atoms with Gasteiger partial charge in [-0.05, 0) is 84.4 Å². The van der Waals surface area contributed by atoms with Gasteiger partial charge in [-0.25, -0.2) is 0 Å². The van der Waals surface area contributed by atoms with Crippen LogP contribution >= 0.6 is 0 Å². The first kappa shape index (κ1) is 30.3. The normalized spacial score (nSPS) is 11.2. The molecule has 0 saturated carbocycles. The fourth-order valence-corrected chi connectivity index (χ4v) is 4.44. The quantitative estimate of drug-likeness (QED) is 0.122. The summed E-state index contributed by atoms with van der Waals surface area (Å²) in [6, 6.07) is 33.3. The third-order valence-electron chi connectivity index (χ3n) is 6.76. The minimum atomic E-state index is -0.577. The van der Waals surface area contributed by atoms with Crippen molar-refractivity contribution in [3.63, 3.8) is 0 Å². The summed E-state index contributed by atoms with van der Waals surface area (Å²) in [5.74, 6) is 0.975. The van der Waals surface area contributed by atoms with Crippen LogP contribution in [0.4, 0.5) is 5.69 Å². The van der Waals surface area contributed by atoms with Gasteiger partial charge in [-0.3, -0.25) is 14.4 Å². The molecule has 4 aromatic carbocycles. The van der Waals surface area contributed by atoms with Crippen LogP contribution in [0, 0.1) is 0 Å². The number of amides is 2. The van der Waals surface area contributed by atoms with Crippen LogP contribution < -0.4 is 20.1 Å². The highest BCUT2D eigenvalue weighted by atomic mass is 16.5. The van der Waals surface area contributed by atoms with E-state index in [-0.39, 0.29) is 11.5 Å². The lowest BCUT2D eigenvalue weighted by molar-refractivity contribution is -0.113. The molecular formula is C37H30N2O6. The van der Waals surface area contributed by atoms with Crippen molar-refractivity contribution in [1.29, 1.82) is 0 Å². The van der Waals surface area contributed by atoms with Gasteiger partial charge in [0.1, 0.15) is 28.7 Å². The van der Waals surface area contributed by atoms with Gasteiger partial charge >= 0.3 is 0 Å². The van der Waals surface area contributed by atoms with Gasteiger partial charge in [0.05, 0.1) is 19.8 Å². The number of hydrogen-bond acceptors (Lipinski definition) is 6. The number of carbonyl (C=O) groups excluding carboxylic acids is 3. The van der Waals surface area contributed by atoms with Crippen LogP contribution in [0.1, 0.15) is 32.0 Å². The largest absolute Gasteiger partial charge is 0.497 e. The summed E-state index contributed by atoms with van der Waals surface area (Å²) in [6.07, 6.45) is 4.64. The summed E-state index contributed by atoms with van der Waals surface area (Å²) in [7, 11) is 3.16. The molecule has 2 amide bonds. The standard InChI is InChI=1S/C37H30N2O6/c1-43-29-12-8-9-25(23-29)15-21-33(40)26-16-18-28(19-17-26)38-37(42)32(39-36(41)27-10-4-3-5-11-27)24-30-20-22-35(45-30)31-13-6-7-14-34(31)44-2/h3-24H,1-2H3,(H,38,42)(H,39,41)/b21-15+,32-24+. The molecule has 8 heteroatoms. The first-order valence-electron chi connectivity index (χ1n) is 14.0. The summed E-state index contributed by atoms with van der Waals surface area (Å²) in [6.45, 7) is 0. The van der Waals surface area contributed by atoms with Gasteiger partial charge in [-0.15, -0.1) is 0 Å². The van der Waals surface area contributed by atoms with E-state index in [1.807, 2.05) is 48.5 Å². The van der Waals surface area contributed by atoms with Gasteiger partial charge in [-0.2, -0.15) is 0 Å². The van der Waals surface area contributed by atoms with Gasteiger partial charge in [-0.1, -0.05) is 48.5 Å². The molecule has 5 rings (SSSR count). The molecule has 0 saturated heterocycles. The average Bonchev–Trinajstić information content (AvgIpc) is 3.56. The van der Waals surface area contributed by atoms with Crippen molar-refractivity contribution in [3.8, 4) is 22.8 Å². The van der Waals surface area contributed by atoms with Crippen molar-refractivity contribution in [2.24, 2.45) is 0 Å². The summed E-state index contributed by atoms with van der Waals surface area (Å²) in [5.41, 5.74) is 2.80. The van der Waals surface area contributed by atoms with Crippen LogP contribution in [-0.2, 0) is 4.79 Å². The molecule has 8 nitrogen and oxygen atoms in total. The molecule has 0 atom stereocenters. The maximum atomic E-state index is 13.4. The lowest BCUT2D eigenvalue weighted by Crippen LogP contribution is -2.30. The Bertz CT molecular complexity index is 1870. The third kappa shape index (κ3) is 7.82. The predicted octanol–water partition coefficient (Wildman–Crippen LogP) is 7.27. The number of ketones is 1. The van der Waals surface area contributed by atoms with E-state index in [1.54, 1.807) is 87.0 Å². The molecule has 0 unspecified atom stereocenters. The van der Waals surface area contributed by atoms with E-state index in [0.717, 1.165) is 11.1 Å². The van der Waals surface area contributed by atoms with Crippen LogP contribution in [0.5, 0.6) is 11.5 Å². The van der Waals surface area contributed by atoms with Gasteiger partial charge < -0.3 is 24.5 Å². The zero-order valence-electron chi connectivity index (χ0n) is 24.7. The maximum Gasteiger partial charge on any atom is 0.272 e. The Morgan fingerprint density at radius 3 is 2.24 bits per heavy atom. The molecule has 5 aromatic rings. The Balaban J connectivity index is 1.34. The molecule has 0 spiro atoms. The van der Waals surface area contributed by atoms with Crippen molar-refractivity contribution in [2.45, 2.75) is 0 Å². The van der Waals surface area contributed by atoms with Crippen LogP contribution in [0.3, 0.4) is 0 Å². The van der Waals surface area contributed by atoms with Crippen LogP contribution in [0.25, 0.3) is 23.5 Å². The lowest BCUT2D eigenvalue weighted by atomic mass is 10.1. The SMILES string of the molecule is COc1cccc(/C=C/C(=O)c2ccc(NC(=O)/C(=C\c3ccc(-c4ccccc4OC)o3)NC(=O)c3ccccc3)cc2)c1. The van der Waals surface area contributed by atoms with E-state index in [2.05, 4.69) is 10.6 Å². The monoisotopic (exact) mass is 598 g/mol. The first-order valence-corrected chi connectivity index (χ1v) is 14.0. The molecule has 0 aliphatic heterocycles. The fourth-order valence-electron chi connectivity index (χ4n) is 4.44. The summed E-state index contributed by atoms with van der Waals surface area (Å²) < 4.78 is 16.7. The smallest absolute Gasteiger partial charge is 0.272 e. The molecule has 1 heterocycles. The Kier molecular flexibility index (Phi) is 9.67. The number of anilines is 1. The molecule has 0 aliphatic carbocycles. The predicted molar refractivity (Wildman–Crippen MR) is 174 cm³/mol. The number of nitrogens with one attached hydrogen (secondary N) is 2. The molecule has 0 aliphatic rings. The highest BCUT2D eigenvalue weighted by molar-refractivity contribution is 6.11. The Morgan fingerprint density at radius 1 is 0.733 bits per heavy atom. The van der Waals surface area contributed by atoms with Crippen molar-refractivity contribution >= 4 is 35.4 Å². The highest BCUT2D eigenvalue weighted by Crippen LogP contribution is 2.31. The van der Waals surface area contributed by atoms with E-state index < -0.39 is 11.8 Å². The number of methoxy groups -OCH3 is 2. The van der Waals surface area contributed by atoms with Gasteiger partial charge in [0.2, 0.25) is 0 Å². The van der Waals surface area contributed by atoms with Crippen LogP contribution in [0.2, 0.25) is 0 Å². The number of benzene rings is 4. The van der Waals surface area contributed by atoms with E-state index in [1.165, 1.54) is 12.2 Å². The number of allylic oxidation sites excluding steroid dienone is 1. The summed E-state index contributed by atoms with van der Waals surface area (Å²) in [5, 5.41) is 5.48. The van der Waals surface area contributed by atoms with E-state index in [9.17, 15) is 14.4 Å². The van der Waals surface area contributed by atoms with Crippen molar-refractivity contribution in [1.82, 2.24) is 5.32 Å². The van der Waals surface area contributed by atoms with Crippen LogP contribution in [-0.4, -0.2) is 31.8 Å². The Labute approximate surface area is 260 Å². The number of hydrogen-bond donors (Lipinski definition) is 2. The van der Waals surface area contributed by atoms with Crippen molar-refractivity contribution in [3.05, 3.63) is 149 Å². The first-order chi connectivity index (χ1) is 21.9. The lowest BCUT2D eigenvalue weighted by Gasteiger charge is -2.11. The second-order valence-corrected chi connectivity index (χ2v) is 9.79. The Hall–Kier alpha value is -6.15. The molecule has 2 N–H and O–H groups in total. The molecule has 224 valence electrons. The molecule has 45 heavy (non-hydrogen) atoms. The molecule has 1 aromatic heterocycles. The topological polar surface area (TPSA) is 107 Å². The number of para-hydroxylation sites is 1. The highest BCUT2D eigenvalue weighted by Gasteiger charge is 2.17. The molecule has 0 radical (unpaired) electrons. The van der Waals surface area contributed by atoms with Gasteiger partial charge in [0.15, 0.2) is 5.78 Å². The molecule has 0 fully saturated rings. The van der Waals surface area contributed by atoms with Crippen molar-refractivity contribution in [2.75, 3.05) is 19.5 Å².